The van der Waals surface area contributed by atoms with Crippen LogP contribution in [0, 0.1) is 11.8 Å². The number of rotatable bonds is 2. The van der Waals surface area contributed by atoms with E-state index in [1.54, 1.807) is 0 Å². The molecule has 0 atom stereocenters. The highest BCUT2D eigenvalue weighted by Crippen LogP contribution is 2.27. The van der Waals surface area contributed by atoms with Crippen molar-refractivity contribution in [1.82, 2.24) is 0 Å². The topological polar surface area (TPSA) is 9.23 Å². The lowest BCUT2D eigenvalue weighted by molar-refractivity contribution is -0.274. The SMILES string of the molecule is FC(F)(F)Oc1ccc(C#CCCBr)c(Br)c1. The summed E-state index contributed by atoms with van der Waals surface area (Å²) >= 11 is 6.37. The van der Waals surface area contributed by atoms with Gasteiger partial charge in [-0.25, -0.2) is 0 Å². The molecule has 0 heterocycles. The number of halogens is 5. The lowest BCUT2D eigenvalue weighted by atomic mass is 10.2. The van der Waals surface area contributed by atoms with E-state index in [0.29, 0.717) is 16.5 Å². The molecule has 0 bridgehead atoms. The zero-order chi connectivity index (χ0) is 12.9. The van der Waals surface area contributed by atoms with E-state index in [-0.39, 0.29) is 5.75 Å². The average molecular weight is 372 g/mol. The molecule has 0 radical (unpaired) electrons. The van der Waals surface area contributed by atoms with Crippen molar-refractivity contribution in [3.8, 4) is 17.6 Å². The summed E-state index contributed by atoms with van der Waals surface area (Å²) in [6.45, 7) is 0. The zero-order valence-corrected chi connectivity index (χ0v) is 11.6. The highest BCUT2D eigenvalue weighted by Gasteiger charge is 2.31. The third-order valence-electron chi connectivity index (χ3n) is 1.62. The van der Waals surface area contributed by atoms with Crippen molar-refractivity contribution in [3.05, 3.63) is 28.2 Å². The smallest absolute Gasteiger partial charge is 0.406 e. The van der Waals surface area contributed by atoms with Gasteiger partial charge in [0, 0.05) is 21.8 Å². The van der Waals surface area contributed by atoms with E-state index >= 15 is 0 Å². The molecule has 92 valence electrons. The summed E-state index contributed by atoms with van der Waals surface area (Å²) in [5.41, 5.74) is 0.625. The summed E-state index contributed by atoms with van der Waals surface area (Å²) in [4.78, 5) is 0. The molecule has 1 aromatic carbocycles. The van der Waals surface area contributed by atoms with Gasteiger partial charge in [0.05, 0.1) is 0 Å². The second kappa shape index (κ2) is 6.31. The molecule has 17 heavy (non-hydrogen) atoms. The van der Waals surface area contributed by atoms with Gasteiger partial charge in [-0.15, -0.1) is 13.2 Å². The van der Waals surface area contributed by atoms with Crippen LogP contribution in [0.1, 0.15) is 12.0 Å². The van der Waals surface area contributed by atoms with E-state index in [0.717, 1.165) is 5.33 Å². The molecule has 0 N–H and O–H groups in total. The van der Waals surface area contributed by atoms with Crippen LogP contribution < -0.4 is 4.74 Å². The van der Waals surface area contributed by atoms with Crippen LogP contribution in [-0.2, 0) is 0 Å². The minimum absolute atomic E-state index is 0.268. The summed E-state index contributed by atoms with van der Waals surface area (Å²) < 4.78 is 40.1. The van der Waals surface area contributed by atoms with Crippen LogP contribution in [-0.4, -0.2) is 11.7 Å². The Kier molecular flexibility index (Phi) is 5.34. The van der Waals surface area contributed by atoms with E-state index in [2.05, 4.69) is 48.4 Å². The zero-order valence-electron chi connectivity index (χ0n) is 8.44. The number of hydrogen-bond acceptors (Lipinski definition) is 1. The number of ether oxygens (including phenoxy) is 1. The van der Waals surface area contributed by atoms with E-state index in [1.807, 2.05) is 0 Å². The molecule has 1 rings (SSSR count). The van der Waals surface area contributed by atoms with Crippen LogP contribution in [0.5, 0.6) is 5.75 Å². The van der Waals surface area contributed by atoms with Crippen molar-refractivity contribution >= 4 is 31.9 Å². The van der Waals surface area contributed by atoms with Gasteiger partial charge in [0.25, 0.3) is 0 Å². The van der Waals surface area contributed by atoms with Crippen LogP contribution in [0.4, 0.5) is 13.2 Å². The quantitative estimate of drug-likeness (QED) is 0.550. The summed E-state index contributed by atoms with van der Waals surface area (Å²) in [7, 11) is 0. The minimum atomic E-state index is -4.68. The molecule has 0 saturated carbocycles. The molecule has 0 aromatic heterocycles. The van der Waals surface area contributed by atoms with Crippen LogP contribution >= 0.6 is 31.9 Å². The van der Waals surface area contributed by atoms with Crippen molar-refractivity contribution < 1.29 is 17.9 Å². The van der Waals surface area contributed by atoms with Gasteiger partial charge in [-0.05, 0) is 34.1 Å². The summed E-state index contributed by atoms with van der Waals surface area (Å²) in [5, 5.41) is 0.757. The van der Waals surface area contributed by atoms with Gasteiger partial charge in [0.15, 0.2) is 0 Å². The van der Waals surface area contributed by atoms with Gasteiger partial charge in [-0.2, -0.15) is 0 Å². The predicted octanol–water partition coefficient (Wildman–Crippen LogP) is 4.48. The van der Waals surface area contributed by atoms with Crippen LogP contribution in [0.15, 0.2) is 22.7 Å². The average Bonchev–Trinajstić information content (AvgIpc) is 2.19. The van der Waals surface area contributed by atoms with Crippen molar-refractivity contribution in [2.75, 3.05) is 5.33 Å². The first-order chi connectivity index (χ1) is 7.92. The Morgan fingerprint density at radius 1 is 1.29 bits per heavy atom. The van der Waals surface area contributed by atoms with Crippen LogP contribution in [0.2, 0.25) is 0 Å². The Bertz CT molecular complexity index is 446. The molecule has 0 fully saturated rings. The van der Waals surface area contributed by atoms with E-state index < -0.39 is 6.36 Å². The van der Waals surface area contributed by atoms with Gasteiger partial charge in [-0.3, -0.25) is 0 Å². The Hall–Kier alpha value is -0.670. The Morgan fingerprint density at radius 2 is 2.00 bits per heavy atom. The van der Waals surface area contributed by atoms with E-state index in [9.17, 15) is 13.2 Å². The third-order valence-corrected chi connectivity index (χ3v) is 2.67. The summed E-state index contributed by atoms with van der Waals surface area (Å²) in [6.07, 6.45) is -4.00. The van der Waals surface area contributed by atoms with Gasteiger partial charge >= 0.3 is 6.36 Å². The fourth-order valence-electron chi connectivity index (χ4n) is 0.999. The molecular formula is C11H7Br2F3O. The fourth-order valence-corrected chi connectivity index (χ4v) is 1.65. The molecule has 0 unspecified atom stereocenters. The molecule has 0 aliphatic carbocycles. The molecule has 0 aliphatic heterocycles. The Morgan fingerprint density at radius 3 is 2.53 bits per heavy atom. The molecule has 1 aromatic rings. The molecule has 0 spiro atoms. The van der Waals surface area contributed by atoms with E-state index in [1.165, 1.54) is 18.2 Å². The van der Waals surface area contributed by atoms with Gasteiger partial charge < -0.3 is 4.74 Å². The molecular weight excluding hydrogens is 365 g/mol. The molecule has 1 nitrogen and oxygen atoms in total. The highest BCUT2D eigenvalue weighted by atomic mass is 79.9. The van der Waals surface area contributed by atoms with Crippen molar-refractivity contribution in [3.63, 3.8) is 0 Å². The van der Waals surface area contributed by atoms with Gasteiger partial charge in [0.2, 0.25) is 0 Å². The maximum Gasteiger partial charge on any atom is 0.573 e. The van der Waals surface area contributed by atoms with E-state index in [4.69, 9.17) is 0 Å². The minimum Gasteiger partial charge on any atom is -0.406 e. The first-order valence-electron chi connectivity index (χ1n) is 4.52. The van der Waals surface area contributed by atoms with Gasteiger partial charge in [-0.1, -0.05) is 27.8 Å². The third kappa shape index (κ3) is 5.46. The second-order valence-electron chi connectivity index (χ2n) is 2.93. The first-order valence-corrected chi connectivity index (χ1v) is 6.44. The highest BCUT2D eigenvalue weighted by molar-refractivity contribution is 9.10. The largest absolute Gasteiger partial charge is 0.573 e. The lowest BCUT2D eigenvalue weighted by Crippen LogP contribution is -2.17. The Labute approximate surface area is 114 Å². The molecule has 0 amide bonds. The van der Waals surface area contributed by atoms with Crippen LogP contribution in [0.3, 0.4) is 0 Å². The van der Waals surface area contributed by atoms with Crippen molar-refractivity contribution in [2.24, 2.45) is 0 Å². The lowest BCUT2D eigenvalue weighted by Gasteiger charge is -2.09. The van der Waals surface area contributed by atoms with Crippen molar-refractivity contribution in [2.45, 2.75) is 12.8 Å². The fraction of sp³-hybridized carbons (Fsp3) is 0.273. The monoisotopic (exact) mass is 370 g/mol. The predicted molar refractivity (Wildman–Crippen MR) is 66.1 cm³/mol. The number of alkyl halides is 4. The normalized spacial score (nSPS) is 10.6. The van der Waals surface area contributed by atoms with Crippen molar-refractivity contribution in [1.29, 1.82) is 0 Å². The second-order valence-corrected chi connectivity index (χ2v) is 4.58. The Balaban J connectivity index is 2.84. The molecule has 0 aliphatic rings. The van der Waals surface area contributed by atoms with Gasteiger partial charge in [0.1, 0.15) is 5.75 Å². The summed E-state index contributed by atoms with van der Waals surface area (Å²) in [5.74, 6) is 5.44. The molecule has 0 saturated heterocycles. The summed E-state index contributed by atoms with van der Waals surface area (Å²) in [6, 6.07) is 3.95. The number of hydrogen-bond donors (Lipinski definition) is 0. The number of benzene rings is 1. The molecule has 6 heteroatoms. The maximum absolute atomic E-state index is 12.0. The first kappa shape index (κ1) is 14.4. The van der Waals surface area contributed by atoms with Crippen LogP contribution in [0.25, 0.3) is 0 Å². The standard InChI is InChI=1S/C11H7Br2F3O/c12-6-2-1-3-8-4-5-9(7-10(8)13)17-11(14,15)16/h4-5,7H,2,6H2. The maximum atomic E-state index is 12.0.